The number of nitrogens with one attached hydrogen (secondary N) is 1. The summed E-state index contributed by atoms with van der Waals surface area (Å²) in [5.41, 5.74) is 2.42. The molecule has 0 amide bonds. The molecule has 0 aliphatic rings. The van der Waals surface area contributed by atoms with E-state index in [2.05, 4.69) is 48.6 Å². The Morgan fingerprint density at radius 3 is 2.85 bits per heavy atom. The van der Waals surface area contributed by atoms with Crippen LogP contribution in [-0.4, -0.2) is 11.0 Å². The fourth-order valence-corrected chi connectivity index (χ4v) is 3.45. The van der Waals surface area contributed by atoms with Gasteiger partial charge in [0.2, 0.25) is 0 Å². The van der Waals surface area contributed by atoms with Gasteiger partial charge in [0.25, 0.3) is 0 Å². The molecule has 0 aromatic carbocycles. The van der Waals surface area contributed by atoms with Crippen LogP contribution in [0, 0.1) is 0 Å². The lowest BCUT2D eigenvalue weighted by Gasteiger charge is -2.23. The monoisotopic (exact) mass is 290 g/mol. The van der Waals surface area contributed by atoms with E-state index in [-0.39, 0.29) is 0 Å². The molecular formula is C17H26N2S. The van der Waals surface area contributed by atoms with E-state index < -0.39 is 0 Å². The van der Waals surface area contributed by atoms with E-state index in [1.807, 2.05) is 6.20 Å². The normalized spacial score (nSPS) is 14.6. The minimum atomic E-state index is 0.377. The maximum Gasteiger partial charge on any atom is 0.0809 e. The number of aromatic nitrogens is 1. The van der Waals surface area contributed by atoms with Gasteiger partial charge in [0.05, 0.1) is 10.2 Å². The van der Waals surface area contributed by atoms with Gasteiger partial charge in [0.1, 0.15) is 0 Å². The number of pyridine rings is 1. The summed E-state index contributed by atoms with van der Waals surface area (Å²) in [7, 11) is 0. The van der Waals surface area contributed by atoms with Crippen LogP contribution < -0.4 is 5.32 Å². The first kappa shape index (κ1) is 15.5. The zero-order valence-corrected chi connectivity index (χ0v) is 13.7. The molecular weight excluding hydrogens is 264 g/mol. The molecule has 20 heavy (non-hydrogen) atoms. The molecule has 0 spiro atoms. The van der Waals surface area contributed by atoms with Crippen molar-refractivity contribution < 1.29 is 0 Å². The lowest BCUT2D eigenvalue weighted by Crippen LogP contribution is -2.31. The Hall–Kier alpha value is -0.930. The van der Waals surface area contributed by atoms with Crippen LogP contribution in [0.2, 0.25) is 0 Å². The zero-order valence-electron chi connectivity index (χ0n) is 12.9. The molecule has 2 nitrogen and oxygen atoms in total. The quantitative estimate of drug-likeness (QED) is 0.713. The summed E-state index contributed by atoms with van der Waals surface area (Å²) in [6.07, 6.45) is 8.40. The molecule has 0 radical (unpaired) electrons. The van der Waals surface area contributed by atoms with Crippen molar-refractivity contribution in [1.82, 2.24) is 10.3 Å². The van der Waals surface area contributed by atoms with Crippen LogP contribution in [0.3, 0.4) is 0 Å². The standard InChI is InChI=1S/C17H26N2S/c1-4-6-8-15(7-5-2)19-13(3)14-11-17-16(18-12-14)9-10-20-17/h9-13,15,19H,4-8H2,1-3H3. The first-order valence-corrected chi connectivity index (χ1v) is 8.71. The maximum atomic E-state index is 4.55. The number of hydrogen-bond acceptors (Lipinski definition) is 3. The van der Waals surface area contributed by atoms with Crippen molar-refractivity contribution in [1.29, 1.82) is 0 Å². The van der Waals surface area contributed by atoms with Crippen LogP contribution in [0.15, 0.2) is 23.7 Å². The molecule has 0 bridgehead atoms. The predicted octanol–water partition coefficient (Wildman–Crippen LogP) is 5.31. The number of nitrogens with zero attached hydrogens (tertiary/aromatic N) is 1. The van der Waals surface area contributed by atoms with E-state index in [0.717, 1.165) is 5.52 Å². The molecule has 110 valence electrons. The summed E-state index contributed by atoms with van der Waals surface area (Å²) in [5.74, 6) is 0. The number of rotatable bonds is 8. The first-order valence-electron chi connectivity index (χ1n) is 7.83. The van der Waals surface area contributed by atoms with Crippen LogP contribution in [0.25, 0.3) is 10.2 Å². The number of fused-ring (bicyclic) bond motifs is 1. The second kappa shape index (κ2) is 7.75. The fraction of sp³-hybridized carbons (Fsp3) is 0.588. The van der Waals surface area contributed by atoms with Crippen molar-refractivity contribution in [2.75, 3.05) is 0 Å². The molecule has 0 saturated heterocycles. The Morgan fingerprint density at radius 2 is 2.10 bits per heavy atom. The van der Waals surface area contributed by atoms with Crippen molar-refractivity contribution in [3.05, 3.63) is 29.3 Å². The zero-order chi connectivity index (χ0) is 14.4. The smallest absolute Gasteiger partial charge is 0.0809 e. The van der Waals surface area contributed by atoms with Crippen LogP contribution >= 0.6 is 11.3 Å². The highest BCUT2D eigenvalue weighted by Gasteiger charge is 2.13. The van der Waals surface area contributed by atoms with Gasteiger partial charge in [-0.25, -0.2) is 0 Å². The third-order valence-corrected chi connectivity index (χ3v) is 4.71. The third-order valence-electron chi connectivity index (χ3n) is 3.85. The largest absolute Gasteiger partial charge is 0.307 e. The third kappa shape index (κ3) is 4.03. The summed E-state index contributed by atoms with van der Waals surface area (Å²) in [6.45, 7) is 6.79. The van der Waals surface area contributed by atoms with Gasteiger partial charge in [0, 0.05) is 18.3 Å². The molecule has 0 aliphatic heterocycles. The Bertz CT molecular complexity index is 520. The minimum Gasteiger partial charge on any atom is -0.307 e. The molecule has 1 N–H and O–H groups in total. The van der Waals surface area contributed by atoms with Gasteiger partial charge in [-0.05, 0) is 42.8 Å². The van der Waals surface area contributed by atoms with Crippen molar-refractivity contribution in [3.63, 3.8) is 0 Å². The Kier molecular flexibility index (Phi) is 5.99. The summed E-state index contributed by atoms with van der Waals surface area (Å²) >= 11 is 1.77. The van der Waals surface area contributed by atoms with E-state index in [9.17, 15) is 0 Å². The van der Waals surface area contributed by atoms with Crippen molar-refractivity contribution >= 4 is 21.6 Å². The summed E-state index contributed by atoms with van der Waals surface area (Å²) < 4.78 is 1.29. The molecule has 0 aliphatic carbocycles. The van der Waals surface area contributed by atoms with Crippen molar-refractivity contribution in [3.8, 4) is 0 Å². The molecule has 2 aromatic rings. The Labute approximate surface area is 126 Å². The molecule has 2 atom stereocenters. The molecule has 2 unspecified atom stereocenters. The summed E-state index contributed by atoms with van der Waals surface area (Å²) in [5, 5.41) is 5.90. The second-order valence-electron chi connectivity index (χ2n) is 5.59. The van der Waals surface area contributed by atoms with Gasteiger partial charge in [-0.2, -0.15) is 0 Å². The highest BCUT2D eigenvalue weighted by atomic mass is 32.1. The SMILES string of the molecule is CCCCC(CCC)NC(C)c1cnc2ccsc2c1. The van der Waals surface area contributed by atoms with Crippen LogP contribution in [0.5, 0.6) is 0 Å². The number of unbranched alkanes of at least 4 members (excludes halogenated alkanes) is 1. The maximum absolute atomic E-state index is 4.55. The topological polar surface area (TPSA) is 24.9 Å². The highest BCUT2D eigenvalue weighted by Crippen LogP contribution is 2.23. The van der Waals surface area contributed by atoms with E-state index in [0.29, 0.717) is 12.1 Å². The first-order chi connectivity index (χ1) is 9.74. The minimum absolute atomic E-state index is 0.377. The second-order valence-corrected chi connectivity index (χ2v) is 6.54. The molecule has 2 rings (SSSR count). The predicted molar refractivity (Wildman–Crippen MR) is 89.4 cm³/mol. The average Bonchev–Trinajstić information content (AvgIpc) is 2.92. The summed E-state index contributed by atoms with van der Waals surface area (Å²) in [6, 6.07) is 5.38. The summed E-state index contributed by atoms with van der Waals surface area (Å²) in [4.78, 5) is 4.55. The van der Waals surface area contributed by atoms with Gasteiger partial charge in [-0.1, -0.05) is 33.1 Å². The van der Waals surface area contributed by atoms with Gasteiger partial charge < -0.3 is 5.32 Å². The Balaban J connectivity index is 2.02. The number of hydrogen-bond donors (Lipinski definition) is 1. The van der Waals surface area contributed by atoms with E-state index in [4.69, 9.17) is 0 Å². The van der Waals surface area contributed by atoms with Crippen LogP contribution in [0.4, 0.5) is 0 Å². The molecule has 0 saturated carbocycles. The highest BCUT2D eigenvalue weighted by molar-refractivity contribution is 7.17. The molecule has 0 fully saturated rings. The van der Waals surface area contributed by atoms with Crippen molar-refractivity contribution in [2.45, 2.75) is 65.0 Å². The van der Waals surface area contributed by atoms with E-state index in [1.165, 1.54) is 42.4 Å². The van der Waals surface area contributed by atoms with Gasteiger partial charge >= 0.3 is 0 Å². The fourth-order valence-electron chi connectivity index (χ4n) is 2.66. The van der Waals surface area contributed by atoms with Crippen LogP contribution in [0.1, 0.15) is 64.5 Å². The number of thiophene rings is 1. The van der Waals surface area contributed by atoms with Crippen molar-refractivity contribution in [2.24, 2.45) is 0 Å². The molecule has 3 heteroatoms. The lowest BCUT2D eigenvalue weighted by molar-refractivity contribution is 0.396. The van der Waals surface area contributed by atoms with Gasteiger partial charge in [-0.15, -0.1) is 11.3 Å². The lowest BCUT2D eigenvalue weighted by atomic mass is 10.0. The van der Waals surface area contributed by atoms with E-state index >= 15 is 0 Å². The average molecular weight is 290 g/mol. The van der Waals surface area contributed by atoms with Gasteiger partial charge in [0.15, 0.2) is 0 Å². The molecule has 2 heterocycles. The Morgan fingerprint density at radius 1 is 1.25 bits per heavy atom. The van der Waals surface area contributed by atoms with Crippen LogP contribution in [-0.2, 0) is 0 Å². The molecule has 2 aromatic heterocycles. The van der Waals surface area contributed by atoms with E-state index in [1.54, 1.807) is 11.3 Å². The van der Waals surface area contributed by atoms with Gasteiger partial charge in [-0.3, -0.25) is 4.98 Å².